The van der Waals surface area contributed by atoms with Crippen LogP contribution >= 0.6 is 15.9 Å². The molecule has 2 aromatic rings. The van der Waals surface area contributed by atoms with Gasteiger partial charge >= 0.3 is 5.97 Å². The molecule has 2 aliphatic heterocycles. The molecule has 5 rings (SSSR count). The largest absolute Gasteiger partial charge is 0.462 e. The zero-order chi connectivity index (χ0) is 27.6. The Morgan fingerprint density at radius 1 is 1.13 bits per heavy atom. The maximum atomic E-state index is 14.1. The first-order valence-corrected chi connectivity index (χ1v) is 13.7. The molecule has 0 saturated heterocycles. The van der Waals surface area contributed by atoms with Crippen LogP contribution in [-0.4, -0.2) is 24.3 Å². The molecule has 198 valence electrons. The maximum Gasteiger partial charge on any atom is 0.339 e. The number of carbonyl (C=O) groups is 3. The van der Waals surface area contributed by atoms with E-state index in [0.717, 1.165) is 11.3 Å². The molecule has 38 heavy (non-hydrogen) atoms. The summed E-state index contributed by atoms with van der Waals surface area (Å²) in [6.07, 6.45) is 0.732. The Hall–Kier alpha value is -3.39. The summed E-state index contributed by atoms with van der Waals surface area (Å²) in [7, 11) is 0. The van der Waals surface area contributed by atoms with Gasteiger partial charge in [-0.15, -0.1) is 0 Å². The van der Waals surface area contributed by atoms with Crippen molar-refractivity contribution in [3.8, 4) is 0 Å². The summed E-state index contributed by atoms with van der Waals surface area (Å²) in [5.41, 5.74) is 8.62. The van der Waals surface area contributed by atoms with E-state index in [1.807, 2.05) is 44.2 Å². The van der Waals surface area contributed by atoms with Crippen molar-refractivity contribution in [2.45, 2.75) is 58.8 Å². The van der Waals surface area contributed by atoms with Crippen LogP contribution in [0.25, 0.3) is 0 Å². The highest BCUT2D eigenvalue weighted by molar-refractivity contribution is 9.10. The number of nitrogens with one attached hydrogen (secondary N) is 1. The van der Waals surface area contributed by atoms with E-state index >= 15 is 0 Å². The first kappa shape index (κ1) is 26.2. The van der Waals surface area contributed by atoms with Gasteiger partial charge in [-0.2, -0.15) is 0 Å². The fourth-order valence-corrected chi connectivity index (χ4v) is 6.37. The normalized spacial score (nSPS) is 22.1. The molecule has 7 nitrogen and oxygen atoms in total. The summed E-state index contributed by atoms with van der Waals surface area (Å²) in [6, 6.07) is 13.3. The van der Waals surface area contributed by atoms with Crippen molar-refractivity contribution in [3.05, 3.63) is 80.7 Å². The van der Waals surface area contributed by atoms with Crippen molar-refractivity contribution in [1.29, 1.82) is 0 Å². The fraction of sp³-hybridized carbons (Fsp3) is 0.367. The second-order valence-electron chi connectivity index (χ2n) is 11.2. The van der Waals surface area contributed by atoms with Gasteiger partial charge in [-0.25, -0.2) is 4.79 Å². The first-order valence-electron chi connectivity index (χ1n) is 12.9. The van der Waals surface area contributed by atoms with Gasteiger partial charge in [0.15, 0.2) is 5.78 Å². The zero-order valence-electron chi connectivity index (χ0n) is 22.3. The number of esters is 1. The summed E-state index contributed by atoms with van der Waals surface area (Å²) in [6.45, 7) is 10.1. The number of hydrogen-bond acceptors (Lipinski definition) is 6. The summed E-state index contributed by atoms with van der Waals surface area (Å²) in [5, 5.41) is 2.92. The molecule has 0 radical (unpaired) electrons. The standard InChI is InChI=1S/C30H32BrN3O4/c1-6-38-27(36)25-26(32)34(19-10-7-17(8-11-19)16(2)3)22-14-29(4,5)15-23(35)24(22)30(25)20-13-18(31)9-12-21(20)33-28(30)37/h7-13,16H,6,14-15,32H2,1-5H3,(H,33,37). The number of halogens is 1. The zero-order valence-corrected chi connectivity index (χ0v) is 23.9. The highest BCUT2D eigenvalue weighted by Crippen LogP contribution is 2.57. The van der Waals surface area contributed by atoms with Crippen molar-refractivity contribution >= 4 is 45.0 Å². The van der Waals surface area contributed by atoms with Gasteiger partial charge in [-0.1, -0.05) is 55.8 Å². The molecular weight excluding hydrogens is 546 g/mol. The van der Waals surface area contributed by atoms with E-state index in [1.54, 1.807) is 24.0 Å². The molecule has 1 atom stereocenters. The Kier molecular flexibility index (Phi) is 6.29. The van der Waals surface area contributed by atoms with Crippen molar-refractivity contribution in [1.82, 2.24) is 0 Å². The van der Waals surface area contributed by atoms with E-state index in [1.165, 1.54) is 0 Å². The van der Waals surface area contributed by atoms with E-state index in [2.05, 4.69) is 35.1 Å². The van der Waals surface area contributed by atoms with E-state index in [4.69, 9.17) is 10.5 Å². The molecule has 1 spiro atoms. The highest BCUT2D eigenvalue weighted by atomic mass is 79.9. The van der Waals surface area contributed by atoms with Crippen LogP contribution in [0, 0.1) is 5.41 Å². The van der Waals surface area contributed by atoms with Gasteiger partial charge < -0.3 is 15.8 Å². The average Bonchev–Trinajstić information content (AvgIpc) is 3.10. The van der Waals surface area contributed by atoms with Crippen LogP contribution in [0.5, 0.6) is 0 Å². The quantitative estimate of drug-likeness (QED) is 0.455. The highest BCUT2D eigenvalue weighted by Gasteiger charge is 2.63. The second-order valence-corrected chi connectivity index (χ2v) is 12.1. The van der Waals surface area contributed by atoms with Crippen molar-refractivity contribution in [3.63, 3.8) is 0 Å². The van der Waals surface area contributed by atoms with Gasteiger partial charge in [0.25, 0.3) is 0 Å². The number of rotatable bonds is 4. The molecule has 0 saturated carbocycles. The van der Waals surface area contributed by atoms with E-state index in [9.17, 15) is 14.4 Å². The number of fused-ring (bicyclic) bond motifs is 3. The van der Waals surface area contributed by atoms with Crippen LogP contribution < -0.4 is 16.0 Å². The maximum absolute atomic E-state index is 14.1. The second kappa shape index (κ2) is 9.12. The summed E-state index contributed by atoms with van der Waals surface area (Å²) >= 11 is 3.51. The van der Waals surface area contributed by atoms with Crippen LogP contribution in [0.3, 0.4) is 0 Å². The predicted molar refractivity (Wildman–Crippen MR) is 150 cm³/mol. The number of amides is 1. The predicted octanol–water partition coefficient (Wildman–Crippen LogP) is 5.66. The van der Waals surface area contributed by atoms with Crippen LogP contribution in [0.4, 0.5) is 11.4 Å². The number of ether oxygens (including phenoxy) is 1. The molecule has 0 fully saturated rings. The van der Waals surface area contributed by atoms with Gasteiger partial charge in [0.05, 0.1) is 6.61 Å². The van der Waals surface area contributed by atoms with Crippen molar-refractivity contribution in [2.75, 3.05) is 16.8 Å². The molecule has 8 heteroatoms. The lowest BCUT2D eigenvalue weighted by Gasteiger charge is -2.47. The molecule has 1 amide bonds. The average molecular weight is 579 g/mol. The monoisotopic (exact) mass is 577 g/mol. The van der Waals surface area contributed by atoms with E-state index in [0.29, 0.717) is 33.8 Å². The van der Waals surface area contributed by atoms with Crippen LogP contribution in [0.1, 0.15) is 64.5 Å². The van der Waals surface area contributed by atoms with Crippen LogP contribution in [-0.2, 0) is 24.5 Å². The lowest BCUT2D eigenvalue weighted by molar-refractivity contribution is -0.140. The van der Waals surface area contributed by atoms with Gasteiger partial charge in [-0.3, -0.25) is 14.5 Å². The number of Topliss-reactive ketones (excluding diaryl/α,β-unsaturated/α-hetero) is 1. The third kappa shape index (κ3) is 3.80. The van der Waals surface area contributed by atoms with Gasteiger partial charge in [-0.05, 0) is 60.6 Å². The Morgan fingerprint density at radius 2 is 1.82 bits per heavy atom. The molecule has 0 aromatic heterocycles. The molecule has 3 N–H and O–H groups in total. The minimum atomic E-state index is -1.72. The summed E-state index contributed by atoms with van der Waals surface area (Å²) in [5.74, 6) is -0.961. The molecule has 1 aliphatic carbocycles. The number of hydrogen-bond donors (Lipinski definition) is 2. The van der Waals surface area contributed by atoms with E-state index < -0.39 is 17.3 Å². The fourth-order valence-electron chi connectivity index (χ4n) is 6.01. The van der Waals surface area contributed by atoms with Gasteiger partial charge in [0, 0.05) is 39.1 Å². The molecular formula is C30H32BrN3O4. The molecule has 2 aromatic carbocycles. The molecule has 2 heterocycles. The number of allylic oxidation sites excluding steroid dienone is 1. The van der Waals surface area contributed by atoms with Gasteiger partial charge in [0.1, 0.15) is 16.8 Å². The number of ketones is 1. The number of nitrogens with zero attached hydrogens (tertiary/aromatic N) is 1. The number of carbonyl (C=O) groups excluding carboxylic acids is 3. The number of benzene rings is 2. The lowest BCUT2D eigenvalue weighted by Crippen LogP contribution is -2.54. The third-order valence-electron chi connectivity index (χ3n) is 7.64. The Balaban J connectivity index is 1.89. The van der Waals surface area contributed by atoms with Gasteiger partial charge in [0.2, 0.25) is 5.91 Å². The smallest absolute Gasteiger partial charge is 0.339 e. The summed E-state index contributed by atoms with van der Waals surface area (Å²) < 4.78 is 6.21. The third-order valence-corrected chi connectivity index (χ3v) is 8.13. The van der Waals surface area contributed by atoms with Crippen LogP contribution in [0.15, 0.2) is 69.6 Å². The van der Waals surface area contributed by atoms with Crippen molar-refractivity contribution < 1.29 is 19.1 Å². The van der Waals surface area contributed by atoms with E-state index in [-0.39, 0.29) is 41.2 Å². The molecule has 0 bridgehead atoms. The Morgan fingerprint density at radius 3 is 2.45 bits per heavy atom. The Labute approximate surface area is 231 Å². The van der Waals surface area contributed by atoms with Crippen LogP contribution in [0.2, 0.25) is 0 Å². The number of nitrogens with two attached hydrogens (primary N) is 1. The first-order chi connectivity index (χ1) is 17.9. The molecule has 3 aliphatic rings. The number of anilines is 2. The Bertz CT molecular complexity index is 1440. The summed E-state index contributed by atoms with van der Waals surface area (Å²) in [4.78, 5) is 43.7. The van der Waals surface area contributed by atoms with Crippen molar-refractivity contribution in [2.24, 2.45) is 11.1 Å². The lowest BCUT2D eigenvalue weighted by atomic mass is 9.60. The molecule has 1 unspecified atom stereocenters. The topological polar surface area (TPSA) is 102 Å². The minimum absolute atomic E-state index is 0.0338. The minimum Gasteiger partial charge on any atom is -0.462 e. The SMILES string of the molecule is CCOC(=O)C1=C(N)N(c2ccc(C(C)C)cc2)C2=C(C(=O)CC(C)(C)C2)C12C(=O)Nc1ccc(Br)cc12.